The Balaban J connectivity index is 1.40. The number of hydrogen-bond donors (Lipinski definition) is 4. The van der Waals surface area contributed by atoms with Gasteiger partial charge in [-0.3, -0.25) is 4.79 Å². The molecule has 3 heterocycles. The van der Waals surface area contributed by atoms with Gasteiger partial charge in [0.1, 0.15) is 17.5 Å². The number of anilines is 3. The van der Waals surface area contributed by atoms with Crippen LogP contribution in [-0.4, -0.2) is 83.7 Å². The Morgan fingerprint density at radius 3 is 2.64 bits per heavy atom. The van der Waals surface area contributed by atoms with Crippen molar-refractivity contribution in [2.24, 2.45) is 5.92 Å². The van der Waals surface area contributed by atoms with E-state index < -0.39 is 18.2 Å². The third kappa shape index (κ3) is 6.34. The smallest absolute Gasteiger partial charge is 0.323 e. The summed E-state index contributed by atoms with van der Waals surface area (Å²) in [6, 6.07) is 8.54. The van der Waals surface area contributed by atoms with Gasteiger partial charge in [-0.15, -0.1) is 0 Å². The molecule has 234 valence electrons. The highest BCUT2D eigenvalue weighted by atomic mass is 16.7. The summed E-state index contributed by atoms with van der Waals surface area (Å²) >= 11 is 0. The third-order valence-electron chi connectivity index (χ3n) is 7.64. The highest BCUT2D eigenvalue weighted by Crippen LogP contribution is 2.36. The molecule has 0 radical (unpaired) electrons. The van der Waals surface area contributed by atoms with E-state index in [9.17, 15) is 19.5 Å². The molecule has 0 fully saturated rings. The summed E-state index contributed by atoms with van der Waals surface area (Å²) in [5.74, 6) is 1.12. The van der Waals surface area contributed by atoms with Crippen LogP contribution in [0.1, 0.15) is 35.7 Å². The first-order valence-corrected chi connectivity index (χ1v) is 14.2. The van der Waals surface area contributed by atoms with Gasteiger partial charge in [-0.2, -0.15) is 0 Å². The topological polar surface area (TPSA) is 168 Å². The average Bonchev–Trinajstić information content (AvgIpc) is 3.60. The number of hydrogen-bond acceptors (Lipinski definition) is 9. The van der Waals surface area contributed by atoms with Crippen molar-refractivity contribution in [3.8, 4) is 17.2 Å². The lowest BCUT2D eigenvalue weighted by molar-refractivity contribution is 0.0373. The van der Waals surface area contributed by atoms with Gasteiger partial charge in [-0.1, -0.05) is 18.1 Å². The number of ether oxygens (including phenoxy) is 3. The first kappa shape index (κ1) is 30.5. The fourth-order valence-electron chi connectivity index (χ4n) is 5.03. The molecule has 14 nitrogen and oxygen atoms in total. The molecule has 1 aromatic heterocycles. The number of aliphatic hydroxyl groups is 1. The van der Waals surface area contributed by atoms with Gasteiger partial charge in [0.2, 0.25) is 6.79 Å². The maximum absolute atomic E-state index is 13.7. The van der Waals surface area contributed by atoms with Crippen molar-refractivity contribution in [1.82, 2.24) is 15.0 Å². The Hall–Kier alpha value is -4.98. The largest absolute Gasteiger partial charge is 0.485 e. The first-order valence-electron chi connectivity index (χ1n) is 14.2. The lowest BCUT2D eigenvalue weighted by atomic mass is 9.99. The third-order valence-corrected chi connectivity index (χ3v) is 7.64. The zero-order chi connectivity index (χ0) is 31.5. The lowest BCUT2D eigenvalue weighted by Gasteiger charge is -2.38. The molecule has 2 aliphatic heterocycles. The molecule has 0 aliphatic carbocycles. The second-order valence-electron chi connectivity index (χ2n) is 11.0. The fourth-order valence-corrected chi connectivity index (χ4v) is 5.03. The standard InChI is InChI=1S/C30H36N6O8/c1-16-12-36(17(2)14-37)28(38)21-7-6-8-22(32-29(39)33-26-18(3)34-44-19(26)4)27(21)43-25(16)13-35(5)30(40)31-20-9-10-23-24(11-20)42-15-41-23/h6-11,16-17,25,37H,12-15H2,1-5H3,(H,31,40)(H2,32,33,39)/t16-,17-,25-/m0/s1. The van der Waals surface area contributed by atoms with Crippen molar-refractivity contribution in [2.75, 3.05) is 49.5 Å². The van der Waals surface area contributed by atoms with Crippen LogP contribution < -0.4 is 30.2 Å². The van der Waals surface area contributed by atoms with Crippen molar-refractivity contribution >= 4 is 35.0 Å². The first-order chi connectivity index (χ1) is 21.0. The number of rotatable bonds is 7. The summed E-state index contributed by atoms with van der Waals surface area (Å²) in [6.45, 7) is 7.34. The molecule has 2 aliphatic rings. The Bertz CT molecular complexity index is 1540. The van der Waals surface area contributed by atoms with Crippen molar-refractivity contribution in [2.45, 2.75) is 39.8 Å². The maximum Gasteiger partial charge on any atom is 0.323 e. The number of nitrogens with one attached hydrogen (secondary N) is 3. The number of likely N-dealkylation sites (N-methyl/N-ethyl adjacent to an activating group) is 1. The van der Waals surface area contributed by atoms with Gasteiger partial charge in [0.15, 0.2) is 23.0 Å². The fraction of sp³-hybridized carbons (Fsp3) is 0.400. The van der Waals surface area contributed by atoms with Crippen LogP contribution in [0.5, 0.6) is 17.2 Å². The number of nitrogens with zero attached hydrogens (tertiary/aromatic N) is 3. The number of amides is 5. The maximum atomic E-state index is 13.7. The molecule has 3 atom stereocenters. The predicted molar refractivity (Wildman–Crippen MR) is 160 cm³/mol. The number of aliphatic hydroxyl groups excluding tert-OH is 1. The highest BCUT2D eigenvalue weighted by molar-refractivity contribution is 6.04. The minimum Gasteiger partial charge on any atom is -0.485 e. The van der Waals surface area contributed by atoms with Crippen LogP contribution in [0.15, 0.2) is 40.9 Å². The van der Waals surface area contributed by atoms with Crippen molar-refractivity contribution in [3.63, 3.8) is 0 Å². The van der Waals surface area contributed by atoms with Crippen molar-refractivity contribution < 1.29 is 38.2 Å². The summed E-state index contributed by atoms with van der Waals surface area (Å²) < 4.78 is 22.4. The van der Waals surface area contributed by atoms with Crippen LogP contribution in [0.2, 0.25) is 0 Å². The predicted octanol–water partition coefficient (Wildman–Crippen LogP) is 4.05. The van der Waals surface area contributed by atoms with Crippen molar-refractivity contribution in [1.29, 1.82) is 0 Å². The van der Waals surface area contributed by atoms with E-state index in [1.807, 2.05) is 6.92 Å². The van der Waals surface area contributed by atoms with Gasteiger partial charge in [-0.25, -0.2) is 9.59 Å². The molecule has 14 heteroatoms. The molecular weight excluding hydrogens is 572 g/mol. The van der Waals surface area contributed by atoms with E-state index in [1.54, 1.807) is 69.1 Å². The van der Waals surface area contributed by atoms with Gasteiger partial charge in [-0.05, 0) is 45.0 Å². The molecule has 4 N–H and O–H groups in total. The zero-order valence-electron chi connectivity index (χ0n) is 25.2. The Labute approximate surface area is 254 Å². The number of carbonyl (C=O) groups is 3. The van der Waals surface area contributed by atoms with Crippen LogP contribution in [0, 0.1) is 19.8 Å². The molecule has 0 spiro atoms. The molecule has 0 bridgehead atoms. The number of urea groups is 2. The van der Waals surface area contributed by atoms with Gasteiger partial charge in [0.05, 0.1) is 30.4 Å². The molecule has 44 heavy (non-hydrogen) atoms. The summed E-state index contributed by atoms with van der Waals surface area (Å²) in [4.78, 5) is 43.0. The van der Waals surface area contributed by atoms with Crippen LogP contribution in [0.25, 0.3) is 0 Å². The summed E-state index contributed by atoms with van der Waals surface area (Å²) in [5.41, 5.74) is 1.94. The number of carbonyl (C=O) groups excluding carboxylic acids is 3. The molecule has 0 saturated carbocycles. The van der Waals surface area contributed by atoms with Crippen LogP contribution in [0.4, 0.5) is 26.7 Å². The average molecular weight is 609 g/mol. The molecular formula is C30H36N6O8. The van der Waals surface area contributed by atoms with Crippen LogP contribution in [-0.2, 0) is 0 Å². The molecule has 3 aromatic rings. The molecule has 0 saturated heterocycles. The quantitative estimate of drug-likeness (QED) is 0.309. The Kier molecular flexibility index (Phi) is 8.81. The second-order valence-corrected chi connectivity index (χ2v) is 11.0. The zero-order valence-corrected chi connectivity index (χ0v) is 25.2. The van der Waals surface area contributed by atoms with Gasteiger partial charge >= 0.3 is 12.1 Å². The van der Waals surface area contributed by atoms with Gasteiger partial charge in [0, 0.05) is 31.3 Å². The molecule has 5 amide bonds. The van der Waals surface area contributed by atoms with Crippen molar-refractivity contribution in [3.05, 3.63) is 53.4 Å². The minimum absolute atomic E-state index is 0.123. The molecule has 2 aromatic carbocycles. The van der Waals surface area contributed by atoms with E-state index in [1.165, 1.54) is 4.90 Å². The highest BCUT2D eigenvalue weighted by Gasteiger charge is 2.35. The second kappa shape index (κ2) is 12.7. The lowest BCUT2D eigenvalue weighted by Crippen LogP contribution is -2.50. The van der Waals surface area contributed by atoms with E-state index in [0.717, 1.165) is 0 Å². The SMILES string of the molecule is Cc1noc(C)c1NC(=O)Nc1cccc2c1O[C@@H](CN(C)C(=O)Nc1ccc3c(c1)OCO3)[C@@H](C)CN([C@@H](C)CO)C2=O. The minimum atomic E-state index is -0.601. The normalized spacial score (nSPS) is 18.0. The Morgan fingerprint density at radius 1 is 1.14 bits per heavy atom. The van der Waals surface area contributed by atoms with Crippen LogP contribution in [0.3, 0.4) is 0 Å². The van der Waals surface area contributed by atoms with Gasteiger partial charge in [0.25, 0.3) is 5.91 Å². The Morgan fingerprint density at radius 2 is 1.91 bits per heavy atom. The molecule has 0 unspecified atom stereocenters. The number of aromatic nitrogens is 1. The van der Waals surface area contributed by atoms with E-state index in [-0.39, 0.29) is 61.3 Å². The summed E-state index contributed by atoms with van der Waals surface area (Å²) in [5, 5.41) is 22.2. The van der Waals surface area contributed by atoms with E-state index in [0.29, 0.717) is 34.3 Å². The number of fused-ring (bicyclic) bond motifs is 2. The van der Waals surface area contributed by atoms with E-state index in [4.69, 9.17) is 18.7 Å². The van der Waals surface area contributed by atoms with E-state index >= 15 is 0 Å². The van der Waals surface area contributed by atoms with E-state index in [2.05, 4.69) is 21.1 Å². The van der Waals surface area contributed by atoms with Crippen LogP contribution >= 0.6 is 0 Å². The number of benzene rings is 2. The summed E-state index contributed by atoms with van der Waals surface area (Å²) in [7, 11) is 1.64. The molecule has 5 rings (SSSR count). The van der Waals surface area contributed by atoms with Gasteiger partial charge < -0.3 is 49.6 Å². The number of aryl methyl sites for hydroxylation is 2. The summed E-state index contributed by atoms with van der Waals surface area (Å²) in [6.07, 6.45) is -0.601. The number of para-hydroxylation sites is 1. The monoisotopic (exact) mass is 608 g/mol.